The Bertz CT molecular complexity index is 1280. The summed E-state index contributed by atoms with van der Waals surface area (Å²) < 4.78 is 4.99. The van der Waals surface area contributed by atoms with Crippen molar-refractivity contribution < 1.29 is 9.13 Å². The van der Waals surface area contributed by atoms with Gasteiger partial charge in [0.05, 0.1) is 16.5 Å². The van der Waals surface area contributed by atoms with Crippen LogP contribution in [0.5, 0.6) is 0 Å². The van der Waals surface area contributed by atoms with E-state index in [0.29, 0.717) is 0 Å². The topological polar surface area (TPSA) is 7.76 Å². The smallest absolute Gasteiger partial charge is 0.198 e. The van der Waals surface area contributed by atoms with Gasteiger partial charge >= 0.3 is 0 Å². The van der Waals surface area contributed by atoms with Crippen molar-refractivity contribution in [2.75, 3.05) is 0 Å². The number of nitrogens with zero attached hydrogens (tertiary/aromatic N) is 2. The second-order valence-corrected chi connectivity index (χ2v) is 8.17. The van der Waals surface area contributed by atoms with Gasteiger partial charge in [0.15, 0.2) is 25.0 Å². The molecular weight excluding hydrogens is 340 g/mol. The van der Waals surface area contributed by atoms with Gasteiger partial charge in [-0.3, -0.25) is 0 Å². The van der Waals surface area contributed by atoms with Crippen molar-refractivity contribution in [2.24, 2.45) is 0 Å². The highest BCUT2D eigenvalue weighted by molar-refractivity contribution is 6.00. The standard InChI is InChI=1S/C26H24N2/c1-17-18(2)28-16-13-20-11-10-19-12-15-27-14-6-5-9-23(27)24(19)25(20)26(28)22-8-4-3-7-21(17)22/h3-11,14H,12-13,15-16H2,1-2H3/q+2. The SMILES string of the molecule is Cc1c(C)[n+]2c(c3ccccc13)-c1c(ccc3c1-c1cccc[n+]1CC3)CC2. The molecule has 2 aromatic heterocycles. The highest BCUT2D eigenvalue weighted by Crippen LogP contribution is 2.42. The Hall–Kier alpha value is -3.00. The average Bonchev–Trinajstić information content (AvgIpc) is 2.76. The van der Waals surface area contributed by atoms with Crippen LogP contribution < -0.4 is 9.13 Å². The van der Waals surface area contributed by atoms with E-state index in [1.165, 1.54) is 55.7 Å². The van der Waals surface area contributed by atoms with E-state index in [0.717, 1.165) is 25.9 Å². The van der Waals surface area contributed by atoms with Gasteiger partial charge in [-0.15, -0.1) is 0 Å². The zero-order valence-corrected chi connectivity index (χ0v) is 16.5. The summed E-state index contributed by atoms with van der Waals surface area (Å²) in [7, 11) is 0. The monoisotopic (exact) mass is 364 g/mol. The van der Waals surface area contributed by atoms with Gasteiger partial charge in [-0.2, -0.15) is 9.13 Å². The Morgan fingerprint density at radius 1 is 0.714 bits per heavy atom. The molecule has 136 valence electrons. The normalized spacial score (nSPS) is 14.2. The van der Waals surface area contributed by atoms with Gasteiger partial charge in [0.2, 0.25) is 11.4 Å². The summed E-state index contributed by atoms with van der Waals surface area (Å²) in [6.07, 6.45) is 4.44. The largest absolute Gasteiger partial charge is 0.221 e. The predicted molar refractivity (Wildman–Crippen MR) is 112 cm³/mol. The average molecular weight is 364 g/mol. The first-order valence-corrected chi connectivity index (χ1v) is 10.3. The zero-order chi connectivity index (χ0) is 18.8. The van der Waals surface area contributed by atoms with E-state index < -0.39 is 0 Å². The summed E-state index contributed by atoms with van der Waals surface area (Å²) in [6, 6.07) is 20.3. The zero-order valence-electron chi connectivity index (χ0n) is 16.5. The molecule has 0 fully saturated rings. The van der Waals surface area contributed by atoms with Crippen LogP contribution in [0.25, 0.3) is 33.3 Å². The Morgan fingerprint density at radius 3 is 2.29 bits per heavy atom. The molecule has 0 atom stereocenters. The van der Waals surface area contributed by atoms with Gasteiger partial charge in [0, 0.05) is 37.5 Å². The molecule has 2 aliphatic rings. The minimum atomic E-state index is 1.06. The van der Waals surface area contributed by atoms with Gasteiger partial charge in [0.25, 0.3) is 0 Å². The van der Waals surface area contributed by atoms with Gasteiger partial charge in [-0.25, -0.2) is 0 Å². The summed E-state index contributed by atoms with van der Waals surface area (Å²) in [5.41, 5.74) is 11.5. The van der Waals surface area contributed by atoms with Gasteiger partial charge in [-0.1, -0.05) is 30.3 Å². The second kappa shape index (κ2) is 5.75. The number of pyridine rings is 2. The van der Waals surface area contributed by atoms with Crippen LogP contribution in [0.2, 0.25) is 0 Å². The quantitative estimate of drug-likeness (QED) is 0.407. The molecule has 0 bridgehead atoms. The van der Waals surface area contributed by atoms with Crippen LogP contribution in [0.3, 0.4) is 0 Å². The third-order valence-electron chi connectivity index (χ3n) is 6.84. The predicted octanol–water partition coefficient (Wildman–Crippen LogP) is 4.48. The maximum absolute atomic E-state index is 2.57. The molecule has 0 aliphatic carbocycles. The Kier molecular flexibility index (Phi) is 3.28. The van der Waals surface area contributed by atoms with E-state index in [2.05, 4.69) is 83.8 Å². The van der Waals surface area contributed by atoms with Gasteiger partial charge < -0.3 is 0 Å². The number of aromatic nitrogens is 2. The van der Waals surface area contributed by atoms with E-state index in [4.69, 9.17) is 0 Å². The fraction of sp³-hybridized carbons (Fsp3) is 0.231. The fourth-order valence-electron chi connectivity index (χ4n) is 5.32. The minimum Gasteiger partial charge on any atom is -0.198 e. The summed E-state index contributed by atoms with van der Waals surface area (Å²) >= 11 is 0. The lowest BCUT2D eigenvalue weighted by molar-refractivity contribution is -0.693. The van der Waals surface area contributed by atoms with Crippen LogP contribution in [0.15, 0.2) is 60.8 Å². The van der Waals surface area contributed by atoms with E-state index in [9.17, 15) is 0 Å². The molecule has 2 nitrogen and oxygen atoms in total. The van der Waals surface area contributed by atoms with E-state index >= 15 is 0 Å². The molecule has 4 heterocycles. The fourth-order valence-corrected chi connectivity index (χ4v) is 5.32. The molecule has 6 rings (SSSR count). The first-order valence-electron chi connectivity index (χ1n) is 10.3. The molecule has 28 heavy (non-hydrogen) atoms. The first kappa shape index (κ1) is 16.0. The van der Waals surface area contributed by atoms with Crippen LogP contribution >= 0.6 is 0 Å². The third-order valence-corrected chi connectivity index (χ3v) is 6.84. The number of rotatable bonds is 0. The molecule has 2 aliphatic heterocycles. The maximum atomic E-state index is 2.57. The molecule has 0 saturated heterocycles. The molecule has 0 spiro atoms. The number of hydrogen-bond donors (Lipinski definition) is 0. The summed E-state index contributed by atoms with van der Waals surface area (Å²) in [4.78, 5) is 0. The van der Waals surface area contributed by atoms with Crippen LogP contribution in [0.4, 0.5) is 0 Å². The Labute approximate surface area is 165 Å². The Balaban J connectivity index is 1.80. The van der Waals surface area contributed by atoms with Crippen LogP contribution in [-0.4, -0.2) is 0 Å². The highest BCUT2D eigenvalue weighted by atomic mass is 15.0. The maximum Gasteiger partial charge on any atom is 0.221 e. The van der Waals surface area contributed by atoms with Crippen LogP contribution in [0, 0.1) is 13.8 Å². The van der Waals surface area contributed by atoms with E-state index in [1.54, 1.807) is 0 Å². The van der Waals surface area contributed by atoms with E-state index in [-0.39, 0.29) is 0 Å². The first-order chi connectivity index (χ1) is 13.7. The summed E-state index contributed by atoms with van der Waals surface area (Å²) in [5.74, 6) is 0. The van der Waals surface area contributed by atoms with Crippen molar-refractivity contribution in [2.45, 2.75) is 39.8 Å². The lowest BCUT2D eigenvalue weighted by Crippen LogP contribution is -2.45. The molecule has 0 radical (unpaired) electrons. The lowest BCUT2D eigenvalue weighted by atomic mass is 9.83. The number of hydrogen-bond acceptors (Lipinski definition) is 0. The third kappa shape index (κ3) is 2.03. The molecule has 0 N–H and O–H groups in total. The van der Waals surface area contributed by atoms with Crippen molar-refractivity contribution in [1.82, 2.24) is 0 Å². The molecular formula is C26H24N2+2. The van der Waals surface area contributed by atoms with Crippen molar-refractivity contribution in [3.63, 3.8) is 0 Å². The number of benzene rings is 2. The lowest BCUT2D eigenvalue weighted by Gasteiger charge is -2.24. The minimum absolute atomic E-state index is 1.06. The van der Waals surface area contributed by atoms with Crippen molar-refractivity contribution in [1.29, 1.82) is 0 Å². The molecule has 2 aromatic carbocycles. The summed E-state index contributed by atoms with van der Waals surface area (Å²) in [6.45, 7) is 6.68. The van der Waals surface area contributed by atoms with Crippen molar-refractivity contribution in [3.05, 3.63) is 83.2 Å². The number of fused-ring (bicyclic) bond motifs is 9. The number of aryl methyl sites for hydroxylation is 4. The highest BCUT2D eigenvalue weighted by Gasteiger charge is 2.35. The Morgan fingerprint density at radius 2 is 1.43 bits per heavy atom. The summed E-state index contributed by atoms with van der Waals surface area (Å²) in [5, 5.41) is 2.77. The molecule has 0 saturated carbocycles. The van der Waals surface area contributed by atoms with Gasteiger partial charge in [-0.05, 0) is 35.6 Å². The molecule has 0 amide bonds. The van der Waals surface area contributed by atoms with Gasteiger partial charge in [0.1, 0.15) is 0 Å². The molecule has 0 unspecified atom stereocenters. The second-order valence-electron chi connectivity index (χ2n) is 8.17. The van der Waals surface area contributed by atoms with E-state index in [1.807, 2.05) is 0 Å². The molecule has 4 aromatic rings. The van der Waals surface area contributed by atoms with Crippen molar-refractivity contribution >= 4 is 10.8 Å². The van der Waals surface area contributed by atoms with Crippen LogP contribution in [-0.2, 0) is 25.9 Å². The van der Waals surface area contributed by atoms with Crippen LogP contribution in [0.1, 0.15) is 22.4 Å². The van der Waals surface area contributed by atoms with Crippen molar-refractivity contribution in [3.8, 4) is 22.5 Å². The molecule has 2 heteroatoms.